The van der Waals surface area contributed by atoms with Gasteiger partial charge in [-0.1, -0.05) is 23.2 Å². The first kappa shape index (κ1) is 16.3. The summed E-state index contributed by atoms with van der Waals surface area (Å²) in [7, 11) is 0. The van der Waals surface area contributed by atoms with Crippen LogP contribution >= 0.6 is 23.2 Å². The van der Waals surface area contributed by atoms with E-state index in [1.54, 1.807) is 38.1 Å². The van der Waals surface area contributed by atoms with E-state index < -0.39 is 0 Å². The highest BCUT2D eigenvalue weighted by Crippen LogP contribution is 2.23. The normalized spacial score (nSPS) is 10.9. The summed E-state index contributed by atoms with van der Waals surface area (Å²) in [5, 5.41) is 14.3. The smallest absolute Gasteiger partial charge is 0.271 e. The van der Waals surface area contributed by atoms with Gasteiger partial charge in [-0.3, -0.25) is 4.79 Å². The molecule has 0 aliphatic carbocycles. The predicted molar refractivity (Wildman–Crippen MR) is 89.1 cm³/mol. The molecule has 0 saturated carbocycles. The number of hydrazone groups is 1. The number of rotatable bonds is 3. The molecule has 0 fully saturated rings. The zero-order chi connectivity index (χ0) is 16.3. The zero-order valence-corrected chi connectivity index (χ0v) is 13.5. The number of aromatic hydroxyl groups is 1. The van der Waals surface area contributed by atoms with E-state index in [9.17, 15) is 9.90 Å². The number of benzene rings is 2. The molecule has 4 nitrogen and oxygen atoms in total. The second-order valence-corrected chi connectivity index (χ2v) is 5.65. The van der Waals surface area contributed by atoms with Crippen molar-refractivity contribution in [3.63, 3.8) is 0 Å². The van der Waals surface area contributed by atoms with E-state index in [-0.39, 0.29) is 11.7 Å². The highest BCUT2D eigenvalue weighted by atomic mass is 35.5. The average molecular weight is 337 g/mol. The molecule has 0 aliphatic heterocycles. The first-order valence-corrected chi connectivity index (χ1v) is 7.22. The quantitative estimate of drug-likeness (QED) is 0.655. The predicted octanol–water partition coefficient (Wildman–Crippen LogP) is 4.08. The van der Waals surface area contributed by atoms with Crippen molar-refractivity contribution in [1.82, 2.24) is 5.43 Å². The summed E-state index contributed by atoms with van der Waals surface area (Å²) >= 11 is 11.7. The standard InChI is InChI=1S/C16H14Cl2N2O2/c1-9-5-11(6-10(2)15(9)21)8-19-20-16(22)12-3-4-13(17)14(18)7-12/h3-8,21H,1-2H3,(H,20,22)/b19-8-. The Morgan fingerprint density at radius 2 is 1.77 bits per heavy atom. The van der Waals surface area contributed by atoms with Crippen LogP contribution in [0.3, 0.4) is 0 Å². The number of hydrogen-bond donors (Lipinski definition) is 2. The topological polar surface area (TPSA) is 61.7 Å². The molecule has 0 aliphatic rings. The van der Waals surface area contributed by atoms with Gasteiger partial charge < -0.3 is 5.11 Å². The van der Waals surface area contributed by atoms with E-state index in [1.807, 2.05) is 0 Å². The third kappa shape index (κ3) is 3.78. The van der Waals surface area contributed by atoms with Gasteiger partial charge in [-0.25, -0.2) is 5.43 Å². The van der Waals surface area contributed by atoms with Crippen LogP contribution in [0.25, 0.3) is 0 Å². The van der Waals surface area contributed by atoms with E-state index >= 15 is 0 Å². The van der Waals surface area contributed by atoms with Crippen LogP contribution in [0.4, 0.5) is 0 Å². The number of nitrogens with one attached hydrogen (secondary N) is 1. The van der Waals surface area contributed by atoms with Crippen molar-refractivity contribution in [3.8, 4) is 5.75 Å². The van der Waals surface area contributed by atoms with E-state index in [0.717, 1.165) is 16.7 Å². The largest absolute Gasteiger partial charge is 0.507 e. The maximum atomic E-state index is 11.9. The fourth-order valence-corrected chi connectivity index (χ4v) is 2.23. The lowest BCUT2D eigenvalue weighted by atomic mass is 10.1. The van der Waals surface area contributed by atoms with Crippen LogP contribution in [-0.2, 0) is 0 Å². The minimum absolute atomic E-state index is 0.261. The van der Waals surface area contributed by atoms with E-state index in [0.29, 0.717) is 15.6 Å². The van der Waals surface area contributed by atoms with Crippen LogP contribution in [0.1, 0.15) is 27.0 Å². The van der Waals surface area contributed by atoms with Gasteiger partial charge in [0, 0.05) is 5.56 Å². The van der Waals surface area contributed by atoms with Gasteiger partial charge in [0.2, 0.25) is 0 Å². The molecule has 22 heavy (non-hydrogen) atoms. The molecule has 6 heteroatoms. The highest BCUT2D eigenvalue weighted by molar-refractivity contribution is 6.42. The van der Waals surface area contributed by atoms with Crippen molar-refractivity contribution in [2.75, 3.05) is 0 Å². The average Bonchev–Trinajstić information content (AvgIpc) is 2.47. The number of carbonyl (C=O) groups excluding carboxylic acids is 1. The molecule has 0 heterocycles. The maximum absolute atomic E-state index is 11.9. The first-order chi connectivity index (χ1) is 10.4. The van der Waals surface area contributed by atoms with Gasteiger partial charge in [0.1, 0.15) is 5.75 Å². The SMILES string of the molecule is Cc1cc(/C=N\NC(=O)c2ccc(Cl)c(Cl)c2)cc(C)c1O. The van der Waals surface area contributed by atoms with Crippen molar-refractivity contribution in [2.45, 2.75) is 13.8 Å². The Hall–Kier alpha value is -2.04. The highest BCUT2D eigenvalue weighted by Gasteiger charge is 2.07. The molecular formula is C16H14Cl2N2O2. The number of phenols is 1. The molecule has 2 rings (SSSR count). The summed E-state index contributed by atoms with van der Waals surface area (Å²) in [6.45, 7) is 3.60. The van der Waals surface area contributed by atoms with Crippen molar-refractivity contribution < 1.29 is 9.90 Å². The van der Waals surface area contributed by atoms with Crippen LogP contribution in [0, 0.1) is 13.8 Å². The van der Waals surface area contributed by atoms with Gasteiger partial charge in [0.05, 0.1) is 16.3 Å². The summed E-state index contributed by atoms with van der Waals surface area (Å²) in [6, 6.07) is 8.14. The molecule has 2 aromatic carbocycles. The minimum atomic E-state index is -0.387. The van der Waals surface area contributed by atoms with Crippen LogP contribution in [-0.4, -0.2) is 17.2 Å². The molecule has 0 bridgehead atoms. The first-order valence-electron chi connectivity index (χ1n) is 6.47. The van der Waals surface area contributed by atoms with Gasteiger partial charge in [-0.05, 0) is 60.9 Å². The molecule has 0 radical (unpaired) electrons. The lowest BCUT2D eigenvalue weighted by Gasteiger charge is -2.05. The molecule has 0 spiro atoms. The number of hydrogen-bond acceptors (Lipinski definition) is 3. The monoisotopic (exact) mass is 336 g/mol. The van der Waals surface area contributed by atoms with E-state index in [4.69, 9.17) is 23.2 Å². The molecule has 0 aromatic heterocycles. The third-order valence-electron chi connectivity index (χ3n) is 3.07. The second-order valence-electron chi connectivity index (χ2n) is 4.83. The van der Waals surface area contributed by atoms with Crippen LogP contribution in [0.15, 0.2) is 35.4 Å². The summed E-state index contributed by atoms with van der Waals surface area (Å²) < 4.78 is 0. The van der Waals surface area contributed by atoms with Crippen LogP contribution in [0.5, 0.6) is 5.75 Å². The summed E-state index contributed by atoms with van der Waals surface area (Å²) in [5.74, 6) is -0.126. The van der Waals surface area contributed by atoms with Gasteiger partial charge in [0.25, 0.3) is 5.91 Å². The third-order valence-corrected chi connectivity index (χ3v) is 3.81. The molecule has 0 unspecified atom stereocenters. The van der Waals surface area contributed by atoms with Crippen molar-refractivity contribution in [3.05, 3.63) is 62.6 Å². The van der Waals surface area contributed by atoms with Crippen molar-refractivity contribution in [1.29, 1.82) is 0 Å². The maximum Gasteiger partial charge on any atom is 0.271 e. The Morgan fingerprint density at radius 1 is 1.14 bits per heavy atom. The number of phenolic OH excluding ortho intramolecular Hbond substituents is 1. The minimum Gasteiger partial charge on any atom is -0.507 e. The Kier molecular flexibility index (Phi) is 5.06. The number of aryl methyl sites for hydroxylation is 2. The second kappa shape index (κ2) is 6.81. The molecule has 0 atom stereocenters. The Balaban J connectivity index is 2.09. The number of carbonyl (C=O) groups is 1. The Bertz CT molecular complexity index is 735. The Morgan fingerprint density at radius 3 is 2.36 bits per heavy atom. The summed E-state index contributed by atoms with van der Waals surface area (Å²) in [4.78, 5) is 11.9. The lowest BCUT2D eigenvalue weighted by molar-refractivity contribution is 0.0955. The van der Waals surface area contributed by atoms with Gasteiger partial charge >= 0.3 is 0 Å². The van der Waals surface area contributed by atoms with Gasteiger partial charge in [-0.2, -0.15) is 5.10 Å². The number of nitrogens with zero attached hydrogens (tertiary/aromatic N) is 1. The number of amides is 1. The zero-order valence-electron chi connectivity index (χ0n) is 12.0. The van der Waals surface area contributed by atoms with E-state index in [1.165, 1.54) is 12.3 Å². The fourth-order valence-electron chi connectivity index (χ4n) is 1.93. The van der Waals surface area contributed by atoms with Crippen molar-refractivity contribution in [2.24, 2.45) is 5.10 Å². The van der Waals surface area contributed by atoms with Crippen LogP contribution in [0.2, 0.25) is 10.0 Å². The summed E-state index contributed by atoms with van der Waals surface area (Å²) in [5.41, 5.74) is 5.05. The molecular weight excluding hydrogens is 323 g/mol. The molecule has 1 amide bonds. The molecule has 0 saturated heterocycles. The Labute approximate surface area is 138 Å². The molecule has 2 aromatic rings. The fraction of sp³-hybridized carbons (Fsp3) is 0.125. The number of halogens is 2. The summed E-state index contributed by atoms with van der Waals surface area (Å²) in [6.07, 6.45) is 1.51. The lowest BCUT2D eigenvalue weighted by Crippen LogP contribution is -2.17. The molecule has 114 valence electrons. The molecule has 2 N–H and O–H groups in total. The van der Waals surface area contributed by atoms with Gasteiger partial charge in [-0.15, -0.1) is 0 Å². The van der Waals surface area contributed by atoms with Crippen molar-refractivity contribution >= 4 is 35.3 Å². The van der Waals surface area contributed by atoms with E-state index in [2.05, 4.69) is 10.5 Å². The van der Waals surface area contributed by atoms with Crippen LogP contribution < -0.4 is 5.43 Å². The van der Waals surface area contributed by atoms with Gasteiger partial charge in [0.15, 0.2) is 0 Å².